The third-order valence-corrected chi connectivity index (χ3v) is 10.4. The molecule has 0 aliphatic rings. The molecular formula is C41H58N8O9. The van der Waals surface area contributed by atoms with E-state index in [2.05, 4.69) is 15.5 Å². The van der Waals surface area contributed by atoms with Gasteiger partial charge < -0.3 is 49.3 Å². The molecule has 0 saturated carbocycles. The van der Waals surface area contributed by atoms with Crippen molar-refractivity contribution in [2.24, 2.45) is 28.2 Å². The predicted octanol–water partition coefficient (Wildman–Crippen LogP) is 1.10. The predicted molar refractivity (Wildman–Crippen MR) is 220 cm³/mol. The minimum absolute atomic E-state index is 0.000260. The second-order valence-corrected chi connectivity index (χ2v) is 14.7. The molecule has 1 atom stereocenters. The Morgan fingerprint density at radius 2 is 0.966 bits per heavy atom. The first kappa shape index (κ1) is 45.2. The molecule has 0 fully saturated rings. The number of aryl methyl sites for hydroxylation is 4. The zero-order valence-electron chi connectivity index (χ0n) is 34.1. The molecule has 58 heavy (non-hydrogen) atoms. The van der Waals surface area contributed by atoms with Crippen molar-refractivity contribution in [1.82, 2.24) is 38.7 Å². The number of carbonyl (C=O) groups is 1. The SMILES string of the molecule is CCC(=O)C(CCCN(CCCNCc1ccn(C)c(=O)c1O)Cc1ccn(C)c(=O)c1O)N(CCCNCc1ccn(C)c(=O)c1O)Cc1ccn(C)c(=O)c1O. The minimum Gasteiger partial charge on any atom is -0.503 e. The van der Waals surface area contributed by atoms with Gasteiger partial charge in [0.1, 0.15) is 5.78 Å². The standard InChI is InChI=1S/C41H58N8O9/c1-6-33(50)32(49(27-31-14-23-47(5)41(58)37(31)54)19-9-16-43-25-29-12-21-45(3)39(56)35(29)52)10-7-17-48(26-30-13-22-46(4)40(57)36(30)53)18-8-15-42-24-28-11-20-44(2)38(55)34(28)51/h11-14,20-23,32,42-43,51-54H,6-10,15-19,24-27H2,1-5H3. The Labute approximate surface area is 337 Å². The Bertz CT molecular complexity index is 2260. The van der Waals surface area contributed by atoms with E-state index >= 15 is 0 Å². The minimum atomic E-state index is -0.554. The average Bonchev–Trinajstić information content (AvgIpc) is 3.21. The van der Waals surface area contributed by atoms with E-state index in [1.165, 1.54) is 18.3 Å². The van der Waals surface area contributed by atoms with Crippen LogP contribution in [0.25, 0.3) is 0 Å². The smallest absolute Gasteiger partial charge is 0.292 e. The van der Waals surface area contributed by atoms with Gasteiger partial charge in [-0.2, -0.15) is 0 Å². The Hall–Kier alpha value is -5.49. The number of hydrogen-bond acceptors (Lipinski definition) is 13. The third-order valence-electron chi connectivity index (χ3n) is 10.4. The number of Topliss-reactive ketones (excluding diaryl/α,β-unsaturated/α-hetero) is 1. The molecule has 316 valence electrons. The van der Waals surface area contributed by atoms with Crippen molar-refractivity contribution in [3.8, 4) is 23.0 Å². The Morgan fingerprint density at radius 1 is 0.586 bits per heavy atom. The topological polar surface area (TPSA) is 217 Å². The monoisotopic (exact) mass is 806 g/mol. The van der Waals surface area contributed by atoms with Crippen LogP contribution in [0.15, 0.2) is 68.2 Å². The lowest BCUT2D eigenvalue weighted by atomic mass is 10.0. The van der Waals surface area contributed by atoms with Gasteiger partial charge in [-0.3, -0.25) is 33.8 Å². The number of nitrogens with zero attached hydrogens (tertiary/aromatic N) is 6. The van der Waals surface area contributed by atoms with Crippen LogP contribution in [-0.2, 0) is 59.2 Å². The second kappa shape index (κ2) is 21.3. The Balaban J connectivity index is 1.47. The van der Waals surface area contributed by atoms with Gasteiger partial charge in [0.05, 0.1) is 6.04 Å². The summed E-state index contributed by atoms with van der Waals surface area (Å²) >= 11 is 0. The van der Waals surface area contributed by atoms with E-state index in [1.807, 2.05) is 4.90 Å². The second-order valence-electron chi connectivity index (χ2n) is 14.7. The Morgan fingerprint density at radius 3 is 1.41 bits per heavy atom. The van der Waals surface area contributed by atoms with Crippen molar-refractivity contribution >= 4 is 5.78 Å². The summed E-state index contributed by atoms with van der Waals surface area (Å²) in [7, 11) is 6.23. The highest BCUT2D eigenvalue weighted by molar-refractivity contribution is 5.83. The van der Waals surface area contributed by atoms with Crippen LogP contribution in [0, 0.1) is 0 Å². The number of hydrogen-bond donors (Lipinski definition) is 6. The lowest BCUT2D eigenvalue weighted by Crippen LogP contribution is -2.42. The summed E-state index contributed by atoms with van der Waals surface area (Å²) in [6.45, 7) is 5.33. The first-order valence-corrected chi connectivity index (χ1v) is 19.5. The lowest BCUT2D eigenvalue weighted by molar-refractivity contribution is -0.124. The van der Waals surface area contributed by atoms with Gasteiger partial charge in [0.25, 0.3) is 22.2 Å². The number of pyridine rings is 4. The molecule has 0 bridgehead atoms. The molecule has 0 radical (unpaired) electrons. The van der Waals surface area contributed by atoms with Crippen molar-refractivity contribution in [2.45, 2.75) is 71.2 Å². The van der Waals surface area contributed by atoms with Gasteiger partial charge in [0, 0.05) is 114 Å². The van der Waals surface area contributed by atoms with Gasteiger partial charge in [-0.05, 0) is 76.1 Å². The van der Waals surface area contributed by atoms with Gasteiger partial charge in [0.2, 0.25) is 0 Å². The number of aromatic nitrogens is 4. The van der Waals surface area contributed by atoms with E-state index < -0.39 is 28.3 Å². The highest BCUT2D eigenvalue weighted by Crippen LogP contribution is 2.21. The maximum atomic E-state index is 13.7. The van der Waals surface area contributed by atoms with E-state index in [-0.39, 0.29) is 54.8 Å². The van der Waals surface area contributed by atoms with Crippen LogP contribution in [0.3, 0.4) is 0 Å². The first-order valence-electron chi connectivity index (χ1n) is 19.5. The molecule has 4 aromatic rings. The van der Waals surface area contributed by atoms with Crippen LogP contribution >= 0.6 is 0 Å². The average molecular weight is 807 g/mol. The fourth-order valence-corrected chi connectivity index (χ4v) is 6.80. The highest BCUT2D eigenvalue weighted by Gasteiger charge is 2.26. The van der Waals surface area contributed by atoms with Crippen molar-refractivity contribution in [2.75, 3.05) is 32.7 Å². The van der Waals surface area contributed by atoms with E-state index in [0.29, 0.717) is 87.2 Å². The van der Waals surface area contributed by atoms with Gasteiger partial charge in [0.15, 0.2) is 23.0 Å². The zero-order valence-corrected chi connectivity index (χ0v) is 34.1. The summed E-state index contributed by atoms with van der Waals surface area (Å²) in [6.07, 6.45) is 8.88. The molecule has 4 rings (SSSR count). The summed E-state index contributed by atoms with van der Waals surface area (Å²) in [6, 6.07) is 6.17. The third kappa shape index (κ3) is 11.8. The molecule has 0 aromatic carbocycles. The molecule has 0 spiro atoms. The molecule has 17 heteroatoms. The molecule has 0 saturated heterocycles. The number of ketones is 1. The molecule has 4 aromatic heterocycles. The van der Waals surface area contributed by atoms with Crippen molar-refractivity contribution in [1.29, 1.82) is 0 Å². The highest BCUT2D eigenvalue weighted by atomic mass is 16.3. The first-order chi connectivity index (χ1) is 27.6. The fourth-order valence-electron chi connectivity index (χ4n) is 6.80. The number of nitrogens with one attached hydrogen (secondary N) is 2. The summed E-state index contributed by atoms with van der Waals surface area (Å²) < 4.78 is 5.19. The molecule has 0 aliphatic carbocycles. The summed E-state index contributed by atoms with van der Waals surface area (Å²) in [4.78, 5) is 67.2. The fraction of sp³-hybridized carbons (Fsp3) is 0.488. The molecule has 17 nitrogen and oxygen atoms in total. The van der Waals surface area contributed by atoms with Crippen LogP contribution in [0.4, 0.5) is 0 Å². The number of rotatable bonds is 23. The maximum absolute atomic E-state index is 13.7. The van der Waals surface area contributed by atoms with Crippen LogP contribution in [-0.4, -0.2) is 93.0 Å². The molecule has 6 N–H and O–H groups in total. The van der Waals surface area contributed by atoms with Gasteiger partial charge in [-0.15, -0.1) is 0 Å². The van der Waals surface area contributed by atoms with Crippen molar-refractivity contribution in [3.05, 3.63) is 113 Å². The Kier molecular flexibility index (Phi) is 16.6. The molecule has 1 unspecified atom stereocenters. The largest absolute Gasteiger partial charge is 0.503 e. The molecule has 0 amide bonds. The van der Waals surface area contributed by atoms with Gasteiger partial charge in [-0.25, -0.2) is 0 Å². The van der Waals surface area contributed by atoms with Crippen LogP contribution in [0.2, 0.25) is 0 Å². The van der Waals surface area contributed by atoms with Crippen molar-refractivity contribution in [3.63, 3.8) is 0 Å². The lowest BCUT2D eigenvalue weighted by Gasteiger charge is -2.32. The molecule has 4 heterocycles. The van der Waals surface area contributed by atoms with E-state index in [9.17, 15) is 44.4 Å². The van der Waals surface area contributed by atoms with Crippen molar-refractivity contribution < 1.29 is 25.2 Å². The van der Waals surface area contributed by atoms with E-state index in [4.69, 9.17) is 0 Å². The molecule has 0 aliphatic heterocycles. The van der Waals surface area contributed by atoms with Crippen LogP contribution in [0.1, 0.15) is 61.3 Å². The zero-order chi connectivity index (χ0) is 42.5. The summed E-state index contributed by atoms with van der Waals surface area (Å²) in [5, 5.41) is 48.5. The van der Waals surface area contributed by atoms with Crippen LogP contribution < -0.4 is 32.9 Å². The summed E-state index contributed by atoms with van der Waals surface area (Å²) in [5.41, 5.74) is -0.178. The van der Waals surface area contributed by atoms with Gasteiger partial charge in [-0.1, -0.05) is 6.92 Å². The normalized spacial score (nSPS) is 12.1. The van der Waals surface area contributed by atoms with Crippen LogP contribution in [0.5, 0.6) is 23.0 Å². The van der Waals surface area contributed by atoms with E-state index in [0.717, 1.165) is 0 Å². The molecular weight excluding hydrogens is 748 g/mol. The van der Waals surface area contributed by atoms with E-state index in [1.54, 1.807) is 84.2 Å². The summed E-state index contributed by atoms with van der Waals surface area (Å²) in [5.74, 6) is -1.32. The number of carbonyl (C=O) groups excluding carboxylic acids is 1. The quantitative estimate of drug-likeness (QED) is 0.0580. The maximum Gasteiger partial charge on any atom is 0.292 e. The van der Waals surface area contributed by atoms with Gasteiger partial charge >= 0.3 is 0 Å². The number of aromatic hydroxyl groups is 4.